The third kappa shape index (κ3) is 3.45. The molecule has 0 saturated carbocycles. The molecule has 1 aliphatic rings. The van der Waals surface area contributed by atoms with Gasteiger partial charge in [-0.05, 0) is 12.1 Å². The molecule has 0 spiro atoms. The van der Waals surface area contributed by atoms with Crippen LogP contribution in [0.25, 0.3) is 11.0 Å². The zero-order valence-corrected chi connectivity index (χ0v) is 15.9. The zero-order chi connectivity index (χ0) is 18.8. The van der Waals surface area contributed by atoms with Gasteiger partial charge < -0.3 is 30.0 Å². The average molecular weight is 389 g/mol. The van der Waals surface area contributed by atoms with Crippen LogP contribution < -0.4 is 20.3 Å². The molecule has 0 atom stereocenters. The number of nitrogens with zero attached hydrogens (tertiary/aromatic N) is 3. The van der Waals surface area contributed by atoms with Crippen molar-refractivity contribution < 1.29 is 9.47 Å². The van der Waals surface area contributed by atoms with E-state index in [0.29, 0.717) is 22.4 Å². The quantitative estimate of drug-likeness (QED) is 0.618. The van der Waals surface area contributed by atoms with Crippen molar-refractivity contribution >= 4 is 45.8 Å². The largest absolute Gasteiger partial charge is 0.494 e. The smallest absolute Gasteiger partial charge is 0.231 e. The topological polar surface area (TPSA) is 87.3 Å². The lowest BCUT2D eigenvalue weighted by Crippen LogP contribution is -2.36. The monoisotopic (exact) mass is 388 g/mol. The molecular weight excluding hydrogens is 368 g/mol. The Morgan fingerprint density at radius 1 is 1.26 bits per heavy atom. The van der Waals surface area contributed by atoms with E-state index >= 15 is 0 Å². The van der Waals surface area contributed by atoms with E-state index in [-0.39, 0.29) is 0 Å². The molecule has 0 bridgehead atoms. The number of nitrogens with one attached hydrogen (secondary N) is 3. The number of aromatic amines is 1. The fourth-order valence-corrected chi connectivity index (χ4v) is 3.39. The minimum absolute atomic E-state index is 0.447. The number of H-pyrrole nitrogens is 1. The molecule has 3 heterocycles. The summed E-state index contributed by atoms with van der Waals surface area (Å²) in [6.07, 6.45) is 1.70. The molecule has 0 amide bonds. The Morgan fingerprint density at radius 2 is 2.07 bits per heavy atom. The van der Waals surface area contributed by atoms with Crippen LogP contribution in [0.4, 0.5) is 23.1 Å². The van der Waals surface area contributed by atoms with Crippen molar-refractivity contribution in [2.24, 2.45) is 0 Å². The van der Waals surface area contributed by atoms with Gasteiger partial charge in [0.15, 0.2) is 0 Å². The highest BCUT2D eigenvalue weighted by atomic mass is 35.5. The number of ether oxygens (including phenoxy) is 2. The molecule has 1 fully saturated rings. The second-order valence-electron chi connectivity index (χ2n) is 6.12. The molecule has 0 unspecified atom stereocenters. The first-order chi connectivity index (χ1) is 13.2. The summed E-state index contributed by atoms with van der Waals surface area (Å²) < 4.78 is 11.0. The van der Waals surface area contributed by atoms with Gasteiger partial charge in [0, 0.05) is 38.1 Å². The second-order valence-corrected chi connectivity index (χ2v) is 6.52. The molecule has 0 radical (unpaired) electrons. The predicted octanol–water partition coefficient (Wildman–Crippen LogP) is 3.24. The highest BCUT2D eigenvalue weighted by Gasteiger charge is 2.16. The summed E-state index contributed by atoms with van der Waals surface area (Å²) in [6.45, 7) is 3.22. The lowest BCUT2D eigenvalue weighted by Gasteiger charge is -2.29. The first kappa shape index (κ1) is 17.7. The highest BCUT2D eigenvalue weighted by Crippen LogP contribution is 2.33. The van der Waals surface area contributed by atoms with Gasteiger partial charge in [0.25, 0.3) is 0 Å². The van der Waals surface area contributed by atoms with Crippen LogP contribution in [-0.2, 0) is 4.74 Å². The van der Waals surface area contributed by atoms with Crippen LogP contribution in [0.1, 0.15) is 0 Å². The Bertz CT molecular complexity index is 954. The summed E-state index contributed by atoms with van der Waals surface area (Å²) in [5, 5.41) is 7.64. The molecule has 27 heavy (non-hydrogen) atoms. The van der Waals surface area contributed by atoms with Crippen LogP contribution in [0.3, 0.4) is 0 Å². The summed E-state index contributed by atoms with van der Waals surface area (Å²) in [5.74, 6) is 1.82. The minimum atomic E-state index is 0.447. The van der Waals surface area contributed by atoms with Gasteiger partial charge >= 0.3 is 0 Å². The molecule has 1 aromatic carbocycles. The number of rotatable bonds is 5. The fraction of sp³-hybridized carbons (Fsp3) is 0.333. The van der Waals surface area contributed by atoms with E-state index in [2.05, 4.69) is 36.6 Å². The lowest BCUT2D eigenvalue weighted by molar-refractivity contribution is 0.122. The number of benzene rings is 1. The van der Waals surface area contributed by atoms with Crippen LogP contribution in [0.2, 0.25) is 5.02 Å². The average Bonchev–Trinajstić information content (AvgIpc) is 3.09. The minimum Gasteiger partial charge on any atom is -0.494 e. The van der Waals surface area contributed by atoms with Crippen LogP contribution >= 0.6 is 11.6 Å². The van der Waals surface area contributed by atoms with E-state index in [1.807, 2.05) is 12.1 Å². The van der Waals surface area contributed by atoms with Crippen molar-refractivity contribution in [3.05, 3.63) is 29.4 Å². The predicted molar refractivity (Wildman–Crippen MR) is 108 cm³/mol. The molecule has 142 valence electrons. The highest BCUT2D eigenvalue weighted by molar-refractivity contribution is 6.36. The Hall–Kier alpha value is -2.71. The van der Waals surface area contributed by atoms with E-state index < -0.39 is 0 Å². The van der Waals surface area contributed by atoms with Crippen molar-refractivity contribution in [3.63, 3.8) is 0 Å². The number of aromatic nitrogens is 3. The molecule has 1 saturated heterocycles. The standard InChI is InChI=1S/C18H21ClN6O2/c1-20-16-15-12(19)10-21-17(15)24-18(23-16)22-13-4-3-11(9-14(13)26-2)25-5-7-27-8-6-25/h3-4,9-10H,5-8H2,1-2H3,(H3,20,21,22,23,24). The second kappa shape index (κ2) is 7.50. The van der Waals surface area contributed by atoms with Gasteiger partial charge in [-0.25, -0.2) is 0 Å². The Morgan fingerprint density at radius 3 is 2.81 bits per heavy atom. The summed E-state index contributed by atoms with van der Waals surface area (Å²) >= 11 is 6.20. The number of hydrogen-bond donors (Lipinski definition) is 3. The van der Waals surface area contributed by atoms with E-state index in [1.54, 1.807) is 20.4 Å². The van der Waals surface area contributed by atoms with E-state index in [0.717, 1.165) is 48.8 Å². The molecule has 2 aromatic heterocycles. The van der Waals surface area contributed by atoms with Gasteiger partial charge in [-0.3, -0.25) is 0 Å². The maximum atomic E-state index is 6.20. The third-order valence-corrected chi connectivity index (χ3v) is 4.83. The SMILES string of the molecule is CNc1nc(Nc2ccc(N3CCOCC3)cc2OC)nc2[nH]cc(Cl)c12. The summed E-state index contributed by atoms with van der Waals surface area (Å²) in [7, 11) is 3.45. The Kier molecular flexibility index (Phi) is 4.91. The van der Waals surface area contributed by atoms with Crippen LogP contribution in [0.15, 0.2) is 24.4 Å². The van der Waals surface area contributed by atoms with Gasteiger partial charge in [-0.2, -0.15) is 9.97 Å². The van der Waals surface area contributed by atoms with Gasteiger partial charge in [0.05, 0.1) is 36.4 Å². The van der Waals surface area contributed by atoms with Gasteiger partial charge in [0.2, 0.25) is 5.95 Å². The molecule has 9 heteroatoms. The van der Waals surface area contributed by atoms with Crippen molar-refractivity contribution in [1.29, 1.82) is 0 Å². The number of morpholine rings is 1. The Balaban J connectivity index is 1.64. The number of halogens is 1. The maximum absolute atomic E-state index is 6.20. The molecular formula is C18H21ClN6O2. The Labute approximate surface area is 161 Å². The van der Waals surface area contributed by atoms with E-state index in [4.69, 9.17) is 21.1 Å². The van der Waals surface area contributed by atoms with Crippen molar-refractivity contribution in [1.82, 2.24) is 15.0 Å². The molecule has 3 aromatic rings. The number of hydrogen-bond acceptors (Lipinski definition) is 7. The first-order valence-electron chi connectivity index (χ1n) is 8.69. The van der Waals surface area contributed by atoms with E-state index in [1.165, 1.54) is 0 Å². The van der Waals surface area contributed by atoms with Crippen LogP contribution in [0, 0.1) is 0 Å². The maximum Gasteiger partial charge on any atom is 0.231 e. The van der Waals surface area contributed by atoms with E-state index in [9.17, 15) is 0 Å². The molecule has 8 nitrogen and oxygen atoms in total. The van der Waals surface area contributed by atoms with Crippen LogP contribution in [0.5, 0.6) is 5.75 Å². The summed E-state index contributed by atoms with van der Waals surface area (Å²) in [4.78, 5) is 14.4. The lowest BCUT2D eigenvalue weighted by atomic mass is 10.2. The molecule has 4 rings (SSSR count). The normalized spacial score (nSPS) is 14.4. The van der Waals surface area contributed by atoms with Gasteiger partial charge in [-0.15, -0.1) is 0 Å². The summed E-state index contributed by atoms with van der Waals surface area (Å²) in [6, 6.07) is 6.04. The zero-order valence-electron chi connectivity index (χ0n) is 15.2. The molecule has 3 N–H and O–H groups in total. The third-order valence-electron chi connectivity index (χ3n) is 4.53. The first-order valence-corrected chi connectivity index (χ1v) is 9.07. The number of fused-ring (bicyclic) bond motifs is 1. The van der Waals surface area contributed by atoms with Crippen molar-refractivity contribution in [2.75, 3.05) is 56.0 Å². The van der Waals surface area contributed by atoms with Crippen LogP contribution in [-0.4, -0.2) is 55.4 Å². The van der Waals surface area contributed by atoms with Crippen molar-refractivity contribution in [2.45, 2.75) is 0 Å². The van der Waals surface area contributed by atoms with Crippen molar-refractivity contribution in [3.8, 4) is 5.75 Å². The number of methoxy groups -OCH3 is 1. The molecule has 0 aliphatic carbocycles. The fourth-order valence-electron chi connectivity index (χ4n) is 3.15. The van der Waals surface area contributed by atoms with Gasteiger partial charge in [0.1, 0.15) is 17.2 Å². The van der Waals surface area contributed by atoms with Gasteiger partial charge in [-0.1, -0.05) is 11.6 Å². The molecule has 1 aliphatic heterocycles. The summed E-state index contributed by atoms with van der Waals surface area (Å²) in [5.41, 5.74) is 2.54. The number of anilines is 4.